The van der Waals surface area contributed by atoms with Gasteiger partial charge < -0.3 is 18.9 Å². The molecule has 0 aliphatic carbocycles. The zero-order chi connectivity index (χ0) is 19.4. The van der Waals surface area contributed by atoms with Crippen LogP contribution >= 0.6 is 0 Å². The van der Waals surface area contributed by atoms with Gasteiger partial charge in [-0.3, -0.25) is 4.79 Å². The Hall–Kier alpha value is -2.34. The van der Waals surface area contributed by atoms with Crippen LogP contribution in [0.25, 0.3) is 0 Å². The molecule has 0 N–H and O–H groups in total. The molecule has 1 saturated heterocycles. The SMILES string of the molecule is COc1ccccc1CN(CC1CCCO1)C(=O)C(C)c1c(C)noc1C. The molecule has 1 aromatic heterocycles. The summed E-state index contributed by atoms with van der Waals surface area (Å²) < 4.78 is 16.5. The first-order valence-electron chi connectivity index (χ1n) is 9.46. The molecule has 27 heavy (non-hydrogen) atoms. The number of hydrogen-bond acceptors (Lipinski definition) is 5. The number of nitrogens with zero attached hydrogens (tertiary/aromatic N) is 2. The molecule has 3 rings (SSSR count). The lowest BCUT2D eigenvalue weighted by Gasteiger charge is -2.29. The highest BCUT2D eigenvalue weighted by Crippen LogP contribution is 2.28. The summed E-state index contributed by atoms with van der Waals surface area (Å²) in [6.45, 7) is 7.46. The largest absolute Gasteiger partial charge is 0.496 e. The molecule has 1 aliphatic heterocycles. The maximum Gasteiger partial charge on any atom is 0.230 e. The summed E-state index contributed by atoms with van der Waals surface area (Å²) in [4.78, 5) is 15.3. The summed E-state index contributed by atoms with van der Waals surface area (Å²) in [6, 6.07) is 7.81. The lowest BCUT2D eigenvalue weighted by Crippen LogP contribution is -2.39. The molecular formula is C21H28N2O4. The molecule has 1 fully saturated rings. The van der Waals surface area contributed by atoms with E-state index in [2.05, 4.69) is 5.16 Å². The van der Waals surface area contributed by atoms with Crippen molar-refractivity contribution < 1.29 is 18.8 Å². The third-order valence-corrected chi connectivity index (χ3v) is 5.21. The fraction of sp³-hybridized carbons (Fsp3) is 0.524. The average Bonchev–Trinajstić information content (AvgIpc) is 3.30. The lowest BCUT2D eigenvalue weighted by molar-refractivity contribution is -0.134. The van der Waals surface area contributed by atoms with Crippen molar-refractivity contribution in [2.24, 2.45) is 0 Å². The van der Waals surface area contributed by atoms with Gasteiger partial charge in [0.25, 0.3) is 0 Å². The number of rotatable bonds is 7. The maximum absolute atomic E-state index is 13.4. The minimum Gasteiger partial charge on any atom is -0.496 e. The van der Waals surface area contributed by atoms with Gasteiger partial charge >= 0.3 is 0 Å². The van der Waals surface area contributed by atoms with Crippen LogP contribution in [-0.4, -0.2) is 42.3 Å². The van der Waals surface area contributed by atoms with Gasteiger partial charge in [0, 0.05) is 30.8 Å². The highest BCUT2D eigenvalue weighted by Gasteiger charge is 2.30. The number of carbonyl (C=O) groups excluding carboxylic acids is 1. The molecule has 2 unspecified atom stereocenters. The zero-order valence-corrected chi connectivity index (χ0v) is 16.5. The van der Waals surface area contributed by atoms with Crippen molar-refractivity contribution in [3.63, 3.8) is 0 Å². The van der Waals surface area contributed by atoms with Gasteiger partial charge in [0.05, 0.1) is 24.8 Å². The third kappa shape index (κ3) is 4.33. The summed E-state index contributed by atoms with van der Waals surface area (Å²) in [6.07, 6.45) is 2.11. The van der Waals surface area contributed by atoms with Gasteiger partial charge in [0.1, 0.15) is 11.5 Å². The third-order valence-electron chi connectivity index (χ3n) is 5.21. The molecule has 6 heteroatoms. The van der Waals surface area contributed by atoms with Crippen LogP contribution in [0.5, 0.6) is 5.75 Å². The number of benzene rings is 1. The van der Waals surface area contributed by atoms with E-state index >= 15 is 0 Å². The predicted molar refractivity (Wildman–Crippen MR) is 102 cm³/mol. The van der Waals surface area contributed by atoms with Gasteiger partial charge in [0.15, 0.2) is 0 Å². The van der Waals surface area contributed by atoms with E-state index in [9.17, 15) is 4.79 Å². The second-order valence-corrected chi connectivity index (χ2v) is 7.13. The highest BCUT2D eigenvalue weighted by molar-refractivity contribution is 5.84. The van der Waals surface area contributed by atoms with Crippen molar-refractivity contribution in [2.75, 3.05) is 20.3 Å². The van der Waals surface area contributed by atoms with E-state index < -0.39 is 0 Å². The topological polar surface area (TPSA) is 64.8 Å². The van der Waals surface area contributed by atoms with Crippen molar-refractivity contribution in [1.29, 1.82) is 0 Å². The van der Waals surface area contributed by atoms with Crippen LogP contribution in [0.4, 0.5) is 0 Å². The second-order valence-electron chi connectivity index (χ2n) is 7.13. The van der Waals surface area contributed by atoms with Crippen LogP contribution in [0.3, 0.4) is 0 Å². The fourth-order valence-electron chi connectivity index (χ4n) is 3.81. The summed E-state index contributed by atoms with van der Waals surface area (Å²) in [5.74, 6) is 1.20. The molecule has 146 valence electrons. The number of methoxy groups -OCH3 is 1. The summed E-state index contributed by atoms with van der Waals surface area (Å²) in [5.41, 5.74) is 2.62. The Labute approximate surface area is 160 Å². The molecule has 6 nitrogen and oxygen atoms in total. The van der Waals surface area contributed by atoms with Crippen molar-refractivity contribution in [3.8, 4) is 5.75 Å². The van der Waals surface area contributed by atoms with Gasteiger partial charge in [-0.2, -0.15) is 0 Å². The molecule has 0 radical (unpaired) electrons. The highest BCUT2D eigenvalue weighted by atomic mass is 16.5. The first-order valence-corrected chi connectivity index (χ1v) is 9.46. The number of para-hydroxylation sites is 1. The Morgan fingerprint density at radius 2 is 2.15 bits per heavy atom. The van der Waals surface area contributed by atoms with E-state index in [0.717, 1.165) is 42.0 Å². The fourth-order valence-corrected chi connectivity index (χ4v) is 3.81. The van der Waals surface area contributed by atoms with E-state index in [1.165, 1.54) is 0 Å². The normalized spacial score (nSPS) is 17.7. The minimum absolute atomic E-state index is 0.0470. The number of carbonyl (C=O) groups is 1. The Morgan fingerprint density at radius 1 is 1.37 bits per heavy atom. The van der Waals surface area contributed by atoms with E-state index in [0.29, 0.717) is 18.8 Å². The van der Waals surface area contributed by atoms with Crippen molar-refractivity contribution in [2.45, 2.75) is 52.2 Å². The molecule has 2 aromatic rings. The maximum atomic E-state index is 13.4. The summed E-state index contributed by atoms with van der Waals surface area (Å²) in [7, 11) is 1.65. The molecule has 0 bridgehead atoms. The van der Waals surface area contributed by atoms with E-state index in [1.54, 1.807) is 7.11 Å². The molecule has 2 atom stereocenters. The number of hydrogen-bond donors (Lipinski definition) is 0. The molecule has 0 spiro atoms. The first kappa shape index (κ1) is 19.4. The first-order chi connectivity index (χ1) is 13.0. The lowest BCUT2D eigenvalue weighted by atomic mass is 9.97. The van der Waals surface area contributed by atoms with Crippen LogP contribution < -0.4 is 4.74 Å². The van der Waals surface area contributed by atoms with E-state index in [1.807, 2.05) is 49.9 Å². The van der Waals surface area contributed by atoms with Crippen LogP contribution in [0.1, 0.15) is 48.3 Å². The molecular weight excluding hydrogens is 344 g/mol. The Kier molecular flexibility index (Phi) is 6.16. The number of ether oxygens (including phenoxy) is 2. The van der Waals surface area contributed by atoms with Crippen LogP contribution in [-0.2, 0) is 16.1 Å². The number of amides is 1. The quantitative estimate of drug-likeness (QED) is 0.743. The zero-order valence-electron chi connectivity index (χ0n) is 16.5. The van der Waals surface area contributed by atoms with Crippen molar-refractivity contribution >= 4 is 5.91 Å². The van der Waals surface area contributed by atoms with Gasteiger partial charge in [-0.1, -0.05) is 23.4 Å². The number of aromatic nitrogens is 1. The van der Waals surface area contributed by atoms with E-state index in [4.69, 9.17) is 14.0 Å². The standard InChI is InChI=1S/C21H28N2O4/c1-14(20-15(2)22-27-16(20)3)21(24)23(13-18-9-7-11-26-18)12-17-8-5-6-10-19(17)25-4/h5-6,8,10,14,18H,7,9,11-13H2,1-4H3. The molecule has 2 heterocycles. The predicted octanol–water partition coefficient (Wildman–Crippen LogP) is 3.61. The minimum atomic E-state index is -0.327. The molecule has 1 aromatic carbocycles. The average molecular weight is 372 g/mol. The molecule has 0 saturated carbocycles. The Morgan fingerprint density at radius 3 is 2.78 bits per heavy atom. The Balaban J connectivity index is 1.85. The van der Waals surface area contributed by atoms with Crippen LogP contribution in [0.15, 0.2) is 28.8 Å². The van der Waals surface area contributed by atoms with E-state index in [-0.39, 0.29) is 17.9 Å². The van der Waals surface area contributed by atoms with Crippen molar-refractivity contribution in [1.82, 2.24) is 10.1 Å². The van der Waals surface area contributed by atoms with Crippen LogP contribution in [0.2, 0.25) is 0 Å². The second kappa shape index (κ2) is 8.57. The summed E-state index contributed by atoms with van der Waals surface area (Å²) >= 11 is 0. The van der Waals surface area contributed by atoms with Gasteiger partial charge in [-0.15, -0.1) is 0 Å². The number of aryl methyl sites for hydroxylation is 2. The summed E-state index contributed by atoms with van der Waals surface area (Å²) in [5, 5.41) is 4.00. The van der Waals surface area contributed by atoms with Gasteiger partial charge in [-0.05, 0) is 39.7 Å². The van der Waals surface area contributed by atoms with Crippen molar-refractivity contribution in [3.05, 3.63) is 46.8 Å². The molecule has 1 amide bonds. The monoisotopic (exact) mass is 372 g/mol. The Bertz CT molecular complexity index is 761. The molecule has 1 aliphatic rings. The van der Waals surface area contributed by atoms with Crippen LogP contribution in [0, 0.1) is 13.8 Å². The smallest absolute Gasteiger partial charge is 0.230 e. The van der Waals surface area contributed by atoms with Gasteiger partial charge in [-0.25, -0.2) is 0 Å². The van der Waals surface area contributed by atoms with Gasteiger partial charge in [0.2, 0.25) is 5.91 Å².